The molecule has 2 heterocycles. The number of carbonyl (C=O) groups excluding carboxylic acids is 1. The van der Waals surface area contributed by atoms with Gasteiger partial charge in [0.15, 0.2) is 11.5 Å². The Morgan fingerprint density at radius 1 is 1.54 bits per heavy atom. The van der Waals surface area contributed by atoms with Crippen molar-refractivity contribution in [2.75, 3.05) is 19.8 Å². The largest absolute Gasteiger partial charge is 0.504 e. The van der Waals surface area contributed by atoms with E-state index in [9.17, 15) is 9.90 Å². The lowest BCUT2D eigenvalue weighted by molar-refractivity contribution is -0.123. The van der Waals surface area contributed by atoms with Crippen LogP contribution in [0.2, 0.25) is 0 Å². The zero-order chi connectivity index (χ0) is 17.1. The van der Waals surface area contributed by atoms with Gasteiger partial charge in [-0.25, -0.2) is 0 Å². The fourth-order valence-electron chi connectivity index (χ4n) is 2.69. The second kappa shape index (κ2) is 7.55. The summed E-state index contributed by atoms with van der Waals surface area (Å²) in [4.78, 5) is 14.8. The molecule has 5 nitrogen and oxygen atoms in total. The zero-order valence-corrected chi connectivity index (χ0v) is 15.0. The maximum atomic E-state index is 12.6. The van der Waals surface area contributed by atoms with Gasteiger partial charge in [0.25, 0.3) is 5.91 Å². The van der Waals surface area contributed by atoms with Gasteiger partial charge in [0.2, 0.25) is 0 Å². The van der Waals surface area contributed by atoms with Gasteiger partial charge < -0.3 is 14.6 Å². The Bertz CT molecular complexity index is 683. The number of aromatic hydroxyl groups is 1. The molecule has 2 saturated heterocycles. The highest BCUT2D eigenvalue weighted by atomic mass is 32.2. The number of amides is 1. The molecule has 128 valence electrons. The van der Waals surface area contributed by atoms with Gasteiger partial charge in [-0.15, -0.1) is 0 Å². The normalized spacial score (nSPS) is 22.6. The quantitative estimate of drug-likeness (QED) is 0.639. The van der Waals surface area contributed by atoms with Crippen molar-refractivity contribution in [2.24, 2.45) is 0 Å². The number of nitrogens with zero attached hydrogens (tertiary/aromatic N) is 1. The van der Waals surface area contributed by atoms with Crippen LogP contribution in [0.25, 0.3) is 6.08 Å². The number of phenolic OH excluding ortho intramolecular Hbond substituents is 1. The van der Waals surface area contributed by atoms with Crippen molar-refractivity contribution in [3.05, 3.63) is 28.7 Å². The number of thiocarbonyl (C=S) groups is 1. The highest BCUT2D eigenvalue weighted by molar-refractivity contribution is 8.26. The van der Waals surface area contributed by atoms with E-state index >= 15 is 0 Å². The van der Waals surface area contributed by atoms with Gasteiger partial charge in [0.1, 0.15) is 4.32 Å². The third-order valence-electron chi connectivity index (χ3n) is 3.87. The number of carbonyl (C=O) groups is 1. The molecule has 1 aromatic rings. The minimum Gasteiger partial charge on any atom is -0.504 e. The maximum Gasteiger partial charge on any atom is 0.266 e. The molecule has 0 unspecified atom stereocenters. The number of benzene rings is 1. The fourth-order valence-corrected chi connectivity index (χ4v) is 3.97. The standard InChI is InChI=1S/C17H19NO4S2/c1-2-21-14-8-11(5-6-13(14)19)9-15-16(20)18(17(23)24-15)10-12-4-3-7-22-12/h5-6,8-9,12,19H,2-4,7,10H2,1H3/b15-9-/t12-/m1/s1. The molecule has 1 amide bonds. The molecule has 0 radical (unpaired) electrons. The molecule has 0 aromatic heterocycles. The van der Waals surface area contributed by atoms with Crippen LogP contribution in [0.3, 0.4) is 0 Å². The smallest absolute Gasteiger partial charge is 0.266 e. The van der Waals surface area contributed by atoms with Crippen LogP contribution >= 0.6 is 24.0 Å². The van der Waals surface area contributed by atoms with Crippen LogP contribution in [-0.2, 0) is 9.53 Å². The average Bonchev–Trinajstić information content (AvgIpc) is 3.15. The van der Waals surface area contributed by atoms with Crippen LogP contribution < -0.4 is 4.74 Å². The Kier molecular flexibility index (Phi) is 5.43. The summed E-state index contributed by atoms with van der Waals surface area (Å²) in [6.07, 6.45) is 3.84. The molecule has 7 heteroatoms. The van der Waals surface area contributed by atoms with E-state index < -0.39 is 0 Å². The fraction of sp³-hybridized carbons (Fsp3) is 0.412. The molecule has 1 N–H and O–H groups in total. The summed E-state index contributed by atoms with van der Waals surface area (Å²) < 4.78 is 11.5. The van der Waals surface area contributed by atoms with Crippen LogP contribution in [0.15, 0.2) is 23.1 Å². The van der Waals surface area contributed by atoms with Gasteiger partial charge in [-0.3, -0.25) is 9.69 Å². The average molecular weight is 365 g/mol. The van der Waals surface area contributed by atoms with E-state index in [0.29, 0.717) is 28.1 Å². The van der Waals surface area contributed by atoms with Crippen LogP contribution in [0.4, 0.5) is 0 Å². The summed E-state index contributed by atoms with van der Waals surface area (Å²) in [5.74, 6) is 0.396. The number of hydrogen-bond acceptors (Lipinski definition) is 6. The van der Waals surface area contributed by atoms with Gasteiger partial charge in [-0.1, -0.05) is 30.0 Å². The van der Waals surface area contributed by atoms with Crippen LogP contribution in [0, 0.1) is 0 Å². The van der Waals surface area contributed by atoms with Crippen molar-refractivity contribution < 1.29 is 19.4 Å². The first-order chi connectivity index (χ1) is 11.6. The second-order valence-electron chi connectivity index (χ2n) is 5.59. The lowest BCUT2D eigenvalue weighted by Gasteiger charge is -2.18. The Balaban J connectivity index is 1.77. The second-order valence-corrected chi connectivity index (χ2v) is 7.26. The van der Waals surface area contributed by atoms with Gasteiger partial charge in [-0.05, 0) is 43.5 Å². The minimum absolute atomic E-state index is 0.0741. The molecule has 3 rings (SSSR count). The number of hydrogen-bond donors (Lipinski definition) is 1. The lowest BCUT2D eigenvalue weighted by atomic mass is 10.2. The molecule has 0 bridgehead atoms. The molecule has 2 fully saturated rings. The maximum absolute atomic E-state index is 12.6. The van der Waals surface area contributed by atoms with Crippen molar-refractivity contribution in [3.63, 3.8) is 0 Å². The van der Waals surface area contributed by atoms with E-state index in [4.69, 9.17) is 21.7 Å². The Labute approximate surface area is 150 Å². The van der Waals surface area contributed by atoms with Crippen LogP contribution in [0.1, 0.15) is 25.3 Å². The molecule has 0 aliphatic carbocycles. The van der Waals surface area contributed by atoms with Crippen LogP contribution in [0.5, 0.6) is 11.5 Å². The third kappa shape index (κ3) is 3.74. The first kappa shape index (κ1) is 17.3. The van der Waals surface area contributed by atoms with Crippen LogP contribution in [-0.4, -0.2) is 46.1 Å². The topological polar surface area (TPSA) is 59.0 Å². The molecule has 0 spiro atoms. The van der Waals surface area contributed by atoms with Crippen molar-refractivity contribution in [3.8, 4) is 11.5 Å². The number of thioether (sulfide) groups is 1. The van der Waals surface area contributed by atoms with Gasteiger partial charge >= 0.3 is 0 Å². The predicted octanol–water partition coefficient (Wildman–Crippen LogP) is 3.17. The number of rotatable bonds is 5. The number of ether oxygens (including phenoxy) is 2. The molecule has 2 aliphatic rings. The summed E-state index contributed by atoms with van der Waals surface area (Å²) in [7, 11) is 0. The summed E-state index contributed by atoms with van der Waals surface area (Å²) in [5, 5.41) is 9.76. The monoisotopic (exact) mass is 365 g/mol. The molecule has 1 aromatic carbocycles. The van der Waals surface area contributed by atoms with Gasteiger partial charge in [0.05, 0.1) is 24.2 Å². The van der Waals surface area contributed by atoms with Gasteiger partial charge in [0, 0.05) is 6.61 Å². The summed E-state index contributed by atoms with van der Waals surface area (Å²) in [6, 6.07) is 5.01. The van der Waals surface area contributed by atoms with E-state index in [1.165, 1.54) is 11.8 Å². The summed E-state index contributed by atoms with van der Waals surface area (Å²) >= 11 is 6.63. The third-order valence-corrected chi connectivity index (χ3v) is 5.24. The highest BCUT2D eigenvalue weighted by Crippen LogP contribution is 2.35. The van der Waals surface area contributed by atoms with E-state index in [0.717, 1.165) is 25.0 Å². The van der Waals surface area contributed by atoms with Crippen molar-refractivity contribution >= 4 is 40.3 Å². The lowest BCUT2D eigenvalue weighted by Crippen LogP contribution is -2.35. The Morgan fingerprint density at radius 3 is 3.08 bits per heavy atom. The van der Waals surface area contributed by atoms with Crippen molar-refractivity contribution in [1.82, 2.24) is 4.90 Å². The predicted molar refractivity (Wildman–Crippen MR) is 98.1 cm³/mol. The summed E-state index contributed by atoms with van der Waals surface area (Å²) in [6.45, 7) is 3.58. The molecule has 1 atom stereocenters. The first-order valence-electron chi connectivity index (χ1n) is 7.91. The minimum atomic E-state index is -0.0912. The van der Waals surface area contributed by atoms with Gasteiger partial charge in [-0.2, -0.15) is 0 Å². The van der Waals surface area contributed by atoms with E-state index in [1.54, 1.807) is 29.2 Å². The molecular formula is C17H19NO4S2. The Hall–Kier alpha value is -1.57. The highest BCUT2D eigenvalue weighted by Gasteiger charge is 2.34. The molecule has 24 heavy (non-hydrogen) atoms. The Morgan fingerprint density at radius 2 is 2.38 bits per heavy atom. The molecule has 2 aliphatic heterocycles. The SMILES string of the molecule is CCOc1cc(/C=C2\SC(=S)N(C[C@H]3CCCO3)C2=O)ccc1O. The van der Waals surface area contributed by atoms with E-state index in [-0.39, 0.29) is 17.8 Å². The number of phenols is 1. The zero-order valence-electron chi connectivity index (χ0n) is 13.4. The van der Waals surface area contributed by atoms with E-state index in [1.807, 2.05) is 6.92 Å². The molecular weight excluding hydrogens is 346 g/mol. The summed E-state index contributed by atoms with van der Waals surface area (Å²) in [5.41, 5.74) is 0.786. The van der Waals surface area contributed by atoms with Crippen molar-refractivity contribution in [1.29, 1.82) is 0 Å². The van der Waals surface area contributed by atoms with Crippen molar-refractivity contribution in [2.45, 2.75) is 25.9 Å². The van der Waals surface area contributed by atoms with E-state index in [2.05, 4.69) is 0 Å². The first-order valence-corrected chi connectivity index (χ1v) is 9.13. The molecule has 0 saturated carbocycles.